The lowest BCUT2D eigenvalue weighted by Crippen LogP contribution is -2.17. The highest BCUT2D eigenvalue weighted by atomic mass is 35.5. The van der Waals surface area contributed by atoms with Gasteiger partial charge in [-0.15, -0.1) is 13.2 Å². The summed E-state index contributed by atoms with van der Waals surface area (Å²) >= 11 is 11.7. The fourth-order valence-corrected chi connectivity index (χ4v) is 2.06. The molecule has 0 fully saturated rings. The Balaban J connectivity index is 2.43. The van der Waals surface area contributed by atoms with Crippen LogP contribution in [0.4, 0.5) is 19.0 Å². The molecule has 102 valence electrons. The van der Waals surface area contributed by atoms with Gasteiger partial charge in [-0.2, -0.15) is 5.10 Å². The molecule has 1 heterocycles. The Morgan fingerprint density at radius 1 is 1.21 bits per heavy atom. The van der Waals surface area contributed by atoms with Crippen LogP contribution in [0.25, 0.3) is 5.69 Å². The minimum Gasteiger partial charge on any atom is -0.406 e. The summed E-state index contributed by atoms with van der Waals surface area (Å²) in [5.41, 5.74) is 5.65. The molecular weight excluding hydrogens is 306 g/mol. The third kappa shape index (κ3) is 3.24. The summed E-state index contributed by atoms with van der Waals surface area (Å²) in [5.74, 6) is -0.283. The maximum absolute atomic E-state index is 12.1. The number of nitrogen functional groups attached to an aromatic ring is 1. The van der Waals surface area contributed by atoms with Gasteiger partial charge >= 0.3 is 6.36 Å². The van der Waals surface area contributed by atoms with Crippen LogP contribution < -0.4 is 10.5 Å². The number of alkyl halides is 3. The quantitative estimate of drug-likeness (QED) is 0.921. The van der Waals surface area contributed by atoms with Crippen molar-refractivity contribution in [1.29, 1.82) is 0 Å². The summed E-state index contributed by atoms with van der Waals surface area (Å²) in [5, 5.41) is 3.78. The molecule has 1 aromatic heterocycles. The van der Waals surface area contributed by atoms with E-state index in [1.807, 2.05) is 0 Å². The summed E-state index contributed by atoms with van der Waals surface area (Å²) in [7, 11) is 0. The Morgan fingerprint density at radius 2 is 1.79 bits per heavy atom. The number of halogens is 5. The molecule has 0 amide bonds. The molecule has 0 bridgehead atoms. The van der Waals surface area contributed by atoms with E-state index in [1.165, 1.54) is 16.9 Å². The molecule has 1 aromatic carbocycles. The zero-order valence-electron chi connectivity index (χ0n) is 9.08. The zero-order chi connectivity index (χ0) is 14.2. The maximum Gasteiger partial charge on any atom is 0.573 e. The van der Waals surface area contributed by atoms with Gasteiger partial charge in [-0.25, -0.2) is 4.68 Å². The van der Waals surface area contributed by atoms with Gasteiger partial charge in [0.25, 0.3) is 0 Å². The van der Waals surface area contributed by atoms with Crippen molar-refractivity contribution in [1.82, 2.24) is 9.78 Å². The third-order valence-corrected chi connectivity index (χ3v) is 2.64. The van der Waals surface area contributed by atoms with Crippen molar-refractivity contribution in [2.75, 3.05) is 5.73 Å². The molecule has 0 aliphatic heterocycles. The number of benzene rings is 1. The summed E-state index contributed by atoms with van der Waals surface area (Å²) in [6.07, 6.45) is -3.34. The summed E-state index contributed by atoms with van der Waals surface area (Å²) in [4.78, 5) is 0. The van der Waals surface area contributed by atoms with Crippen molar-refractivity contribution in [2.24, 2.45) is 0 Å². The van der Waals surface area contributed by atoms with Gasteiger partial charge < -0.3 is 10.5 Å². The molecule has 0 aliphatic rings. The van der Waals surface area contributed by atoms with Gasteiger partial charge in [-0.3, -0.25) is 0 Å². The third-order valence-electron chi connectivity index (χ3n) is 2.06. The van der Waals surface area contributed by atoms with E-state index in [4.69, 9.17) is 28.9 Å². The molecule has 4 nitrogen and oxygen atoms in total. The molecule has 0 aliphatic carbocycles. The fourth-order valence-electron chi connectivity index (χ4n) is 1.42. The molecule has 0 unspecified atom stereocenters. The Hall–Kier alpha value is -1.60. The second kappa shape index (κ2) is 4.82. The number of ether oxygens (including phenoxy) is 1. The lowest BCUT2D eigenvalue weighted by Gasteiger charge is -2.12. The molecule has 0 atom stereocenters. The van der Waals surface area contributed by atoms with E-state index >= 15 is 0 Å². The number of rotatable bonds is 2. The molecule has 2 aromatic rings. The van der Waals surface area contributed by atoms with Crippen molar-refractivity contribution < 1.29 is 17.9 Å². The fraction of sp³-hybridized carbons (Fsp3) is 0.100. The molecular formula is C10H6Cl2F3N3O. The maximum atomic E-state index is 12.1. The molecule has 0 saturated heterocycles. The van der Waals surface area contributed by atoms with E-state index in [0.717, 1.165) is 12.1 Å². The second-order valence-corrected chi connectivity index (χ2v) is 4.28. The average Bonchev–Trinajstić information content (AvgIpc) is 2.60. The molecule has 0 spiro atoms. The van der Waals surface area contributed by atoms with Gasteiger partial charge in [-0.1, -0.05) is 23.2 Å². The first-order valence-corrected chi connectivity index (χ1v) is 5.58. The van der Waals surface area contributed by atoms with Crippen LogP contribution in [-0.4, -0.2) is 16.1 Å². The van der Waals surface area contributed by atoms with Crippen LogP contribution in [0.5, 0.6) is 5.75 Å². The highest BCUT2D eigenvalue weighted by molar-refractivity contribution is 6.38. The average molecular weight is 312 g/mol. The first-order valence-electron chi connectivity index (χ1n) is 4.82. The van der Waals surface area contributed by atoms with Crippen molar-refractivity contribution in [3.63, 3.8) is 0 Å². The Labute approximate surface area is 115 Å². The minimum atomic E-state index is -4.82. The lowest BCUT2D eigenvalue weighted by atomic mass is 10.3. The number of anilines is 1. The van der Waals surface area contributed by atoms with Crippen molar-refractivity contribution >= 4 is 29.0 Å². The van der Waals surface area contributed by atoms with Crippen molar-refractivity contribution in [3.8, 4) is 11.4 Å². The Bertz CT molecular complexity index is 589. The van der Waals surface area contributed by atoms with E-state index in [2.05, 4.69) is 9.84 Å². The smallest absolute Gasteiger partial charge is 0.406 e. The van der Waals surface area contributed by atoms with Crippen molar-refractivity contribution in [3.05, 3.63) is 34.4 Å². The number of hydrogen-bond donors (Lipinski definition) is 1. The van der Waals surface area contributed by atoms with E-state index in [1.54, 1.807) is 0 Å². The van der Waals surface area contributed by atoms with E-state index in [0.29, 0.717) is 0 Å². The Morgan fingerprint density at radius 3 is 2.21 bits per heavy atom. The molecule has 2 N–H and O–H groups in total. The first kappa shape index (κ1) is 13.8. The minimum absolute atomic E-state index is 0.0464. The van der Waals surface area contributed by atoms with Gasteiger partial charge in [0.2, 0.25) is 0 Å². The van der Waals surface area contributed by atoms with E-state index in [-0.39, 0.29) is 21.6 Å². The highest BCUT2D eigenvalue weighted by Crippen LogP contribution is 2.35. The summed E-state index contributed by atoms with van der Waals surface area (Å²) < 4.78 is 41.3. The van der Waals surface area contributed by atoms with Gasteiger partial charge in [-0.05, 0) is 0 Å². The number of nitrogens with zero attached hydrogens (tertiary/aromatic N) is 2. The SMILES string of the molecule is Nc1ccn(-c2c(Cl)cc(OC(F)(F)F)cc2Cl)n1. The standard InChI is InChI=1S/C10H6Cl2F3N3O/c11-6-3-5(19-10(13,14)15)4-7(12)9(6)18-2-1-8(16)17-18/h1-4H,(H2,16,17). The molecule has 9 heteroatoms. The topological polar surface area (TPSA) is 53.1 Å². The van der Waals surface area contributed by atoms with Gasteiger partial charge in [0, 0.05) is 24.4 Å². The van der Waals surface area contributed by atoms with Gasteiger partial charge in [0.05, 0.1) is 10.0 Å². The van der Waals surface area contributed by atoms with Crippen LogP contribution >= 0.6 is 23.2 Å². The van der Waals surface area contributed by atoms with Gasteiger partial charge in [0.1, 0.15) is 17.3 Å². The van der Waals surface area contributed by atoms with E-state index < -0.39 is 12.1 Å². The van der Waals surface area contributed by atoms with Crippen LogP contribution in [-0.2, 0) is 0 Å². The van der Waals surface area contributed by atoms with Crippen LogP contribution in [0.15, 0.2) is 24.4 Å². The van der Waals surface area contributed by atoms with Crippen LogP contribution in [0.2, 0.25) is 10.0 Å². The molecule has 2 rings (SSSR count). The number of nitrogens with two attached hydrogens (primary N) is 1. The van der Waals surface area contributed by atoms with Gasteiger partial charge in [0.15, 0.2) is 0 Å². The molecule has 19 heavy (non-hydrogen) atoms. The highest BCUT2D eigenvalue weighted by Gasteiger charge is 2.31. The number of hydrogen-bond acceptors (Lipinski definition) is 3. The summed E-state index contributed by atoms with van der Waals surface area (Å²) in [6, 6.07) is 3.48. The molecule has 0 saturated carbocycles. The van der Waals surface area contributed by atoms with Crippen LogP contribution in [0, 0.1) is 0 Å². The van der Waals surface area contributed by atoms with E-state index in [9.17, 15) is 13.2 Å². The van der Waals surface area contributed by atoms with Crippen molar-refractivity contribution in [2.45, 2.75) is 6.36 Å². The second-order valence-electron chi connectivity index (χ2n) is 3.47. The number of aromatic nitrogens is 2. The normalized spacial score (nSPS) is 11.6. The predicted octanol–water partition coefficient (Wildman–Crippen LogP) is 3.66. The first-order chi connectivity index (χ1) is 8.76. The predicted molar refractivity (Wildman–Crippen MR) is 64.7 cm³/mol. The Kier molecular flexibility index (Phi) is 3.51. The zero-order valence-corrected chi connectivity index (χ0v) is 10.6. The largest absolute Gasteiger partial charge is 0.573 e. The van der Waals surface area contributed by atoms with Crippen LogP contribution in [0.3, 0.4) is 0 Å². The monoisotopic (exact) mass is 311 g/mol. The summed E-state index contributed by atoms with van der Waals surface area (Å²) in [6.45, 7) is 0. The lowest BCUT2D eigenvalue weighted by molar-refractivity contribution is -0.274. The molecule has 0 radical (unpaired) electrons. The van der Waals surface area contributed by atoms with Crippen LogP contribution in [0.1, 0.15) is 0 Å².